The van der Waals surface area contributed by atoms with Gasteiger partial charge in [-0.2, -0.15) is 0 Å². The normalized spacial score (nSPS) is 10.6. The molecule has 0 saturated heterocycles. The van der Waals surface area contributed by atoms with Crippen molar-refractivity contribution in [2.24, 2.45) is 0 Å². The number of amides is 2. The molecular weight excluding hydrogens is 390 g/mol. The number of carbonyl (C=O) groups excluding carboxylic acids is 2. The number of rotatable bonds is 6. The first kappa shape index (κ1) is 20.3. The number of hydrogen-bond acceptors (Lipinski definition) is 4. The maximum atomic E-state index is 12.5. The Kier molecular flexibility index (Phi) is 6.13. The molecule has 0 fully saturated rings. The lowest BCUT2D eigenvalue weighted by molar-refractivity contribution is -0.137. The fourth-order valence-corrected chi connectivity index (χ4v) is 3.79. The molecular formula is C21H21N3O4S. The second kappa shape index (κ2) is 8.74. The summed E-state index contributed by atoms with van der Waals surface area (Å²) in [7, 11) is 0. The third kappa shape index (κ3) is 5.11. The number of carboxylic acids is 1. The largest absolute Gasteiger partial charge is 0.481 e. The number of benzene rings is 1. The smallest absolute Gasteiger partial charge is 0.328 e. The number of aromatic nitrogens is 1. The summed E-state index contributed by atoms with van der Waals surface area (Å²) in [6.45, 7) is 3.81. The molecule has 0 bridgehead atoms. The van der Waals surface area contributed by atoms with Gasteiger partial charge in [0, 0.05) is 17.8 Å². The minimum atomic E-state index is -0.936. The van der Waals surface area contributed by atoms with Crippen LogP contribution in [-0.2, 0) is 20.8 Å². The van der Waals surface area contributed by atoms with Gasteiger partial charge in [-0.25, -0.2) is 0 Å². The predicted molar refractivity (Wildman–Crippen MR) is 113 cm³/mol. The van der Waals surface area contributed by atoms with Gasteiger partial charge in [0.05, 0.1) is 17.0 Å². The van der Waals surface area contributed by atoms with Crippen LogP contribution >= 0.6 is 11.3 Å². The summed E-state index contributed by atoms with van der Waals surface area (Å²) in [6, 6.07) is 12.8. The second-order valence-corrected chi connectivity index (χ2v) is 7.64. The van der Waals surface area contributed by atoms with Crippen LogP contribution in [0.3, 0.4) is 0 Å². The van der Waals surface area contributed by atoms with Crippen molar-refractivity contribution in [2.75, 3.05) is 10.7 Å². The van der Waals surface area contributed by atoms with Crippen LogP contribution in [0, 0.1) is 13.8 Å². The van der Waals surface area contributed by atoms with Crippen LogP contribution in [0.5, 0.6) is 0 Å². The summed E-state index contributed by atoms with van der Waals surface area (Å²) in [5.41, 5.74) is 6.38. The molecule has 0 aliphatic carbocycles. The van der Waals surface area contributed by atoms with E-state index in [1.165, 1.54) is 16.0 Å². The maximum Gasteiger partial charge on any atom is 0.328 e. The maximum absolute atomic E-state index is 12.5. The molecule has 0 aliphatic heterocycles. The SMILES string of the molecule is Cc1cc(C)cc(NC(=O)C(=O)Nn2c(CCC(=O)O)ccc2-c2cccs2)c1. The number of carboxylic acid groups (broad SMARTS) is 1. The van der Waals surface area contributed by atoms with Gasteiger partial charge in [-0.1, -0.05) is 12.1 Å². The number of thiophene rings is 1. The molecule has 2 heterocycles. The Bertz CT molecular complexity index is 1030. The zero-order chi connectivity index (χ0) is 21.0. The van der Waals surface area contributed by atoms with E-state index in [1.54, 1.807) is 24.3 Å². The standard InChI is InChI=1S/C21H21N3O4S/c1-13-10-14(2)12-15(11-13)22-20(27)21(28)23-24-16(6-8-19(25)26)5-7-17(24)18-4-3-9-29-18/h3-5,7,9-12H,6,8H2,1-2H3,(H,22,27)(H,23,28)(H,25,26). The van der Waals surface area contributed by atoms with Gasteiger partial charge in [-0.15, -0.1) is 11.3 Å². The number of anilines is 1. The molecule has 0 unspecified atom stereocenters. The first-order valence-corrected chi connectivity index (χ1v) is 9.88. The highest BCUT2D eigenvalue weighted by Gasteiger charge is 2.19. The van der Waals surface area contributed by atoms with Gasteiger partial charge in [0.2, 0.25) is 0 Å². The van der Waals surface area contributed by atoms with E-state index in [-0.39, 0.29) is 12.8 Å². The molecule has 0 radical (unpaired) electrons. The van der Waals surface area contributed by atoms with Gasteiger partial charge in [0.25, 0.3) is 0 Å². The number of aliphatic carboxylic acids is 1. The molecule has 150 valence electrons. The molecule has 0 saturated carbocycles. The van der Waals surface area contributed by atoms with Crippen LogP contribution in [-0.4, -0.2) is 27.6 Å². The lowest BCUT2D eigenvalue weighted by Gasteiger charge is -2.14. The number of nitrogens with zero attached hydrogens (tertiary/aromatic N) is 1. The highest BCUT2D eigenvalue weighted by Crippen LogP contribution is 2.26. The van der Waals surface area contributed by atoms with Gasteiger partial charge in [0.15, 0.2) is 0 Å². The Hall–Kier alpha value is -3.39. The summed E-state index contributed by atoms with van der Waals surface area (Å²) in [5.74, 6) is -2.57. The van der Waals surface area contributed by atoms with Gasteiger partial charge < -0.3 is 10.4 Å². The summed E-state index contributed by atoms with van der Waals surface area (Å²) < 4.78 is 1.48. The molecule has 7 nitrogen and oxygen atoms in total. The van der Waals surface area contributed by atoms with Crippen molar-refractivity contribution in [3.8, 4) is 10.6 Å². The summed E-state index contributed by atoms with van der Waals surface area (Å²) in [5, 5.41) is 13.5. The zero-order valence-corrected chi connectivity index (χ0v) is 16.9. The van der Waals surface area contributed by atoms with Crippen molar-refractivity contribution in [3.63, 3.8) is 0 Å². The fourth-order valence-electron chi connectivity index (χ4n) is 3.04. The highest BCUT2D eigenvalue weighted by molar-refractivity contribution is 7.13. The summed E-state index contributed by atoms with van der Waals surface area (Å²) >= 11 is 1.48. The molecule has 3 rings (SSSR count). The summed E-state index contributed by atoms with van der Waals surface area (Å²) in [4.78, 5) is 36.8. The third-order valence-electron chi connectivity index (χ3n) is 4.23. The van der Waals surface area contributed by atoms with Crippen LogP contribution in [0.1, 0.15) is 23.2 Å². The van der Waals surface area contributed by atoms with E-state index in [1.807, 2.05) is 37.4 Å². The van der Waals surface area contributed by atoms with Crippen LogP contribution in [0.25, 0.3) is 10.6 Å². The molecule has 0 aliphatic rings. The molecule has 2 amide bonds. The third-order valence-corrected chi connectivity index (χ3v) is 5.12. The molecule has 3 N–H and O–H groups in total. The fraction of sp³-hybridized carbons (Fsp3) is 0.190. The van der Waals surface area contributed by atoms with Gasteiger partial charge >= 0.3 is 17.8 Å². The molecule has 3 aromatic rings. The number of nitrogens with one attached hydrogen (secondary N) is 2. The van der Waals surface area contributed by atoms with Crippen LogP contribution in [0.4, 0.5) is 5.69 Å². The average molecular weight is 411 g/mol. The lowest BCUT2D eigenvalue weighted by atomic mass is 10.1. The monoisotopic (exact) mass is 411 g/mol. The van der Waals surface area contributed by atoms with Gasteiger partial charge in [0.1, 0.15) is 0 Å². The zero-order valence-electron chi connectivity index (χ0n) is 16.1. The lowest BCUT2D eigenvalue weighted by Crippen LogP contribution is -2.35. The van der Waals surface area contributed by atoms with Crippen LogP contribution in [0.15, 0.2) is 47.8 Å². The Labute approximate surface area is 172 Å². The van der Waals surface area contributed by atoms with E-state index >= 15 is 0 Å². The molecule has 0 atom stereocenters. The summed E-state index contributed by atoms with van der Waals surface area (Å²) in [6.07, 6.45) is 0.137. The minimum absolute atomic E-state index is 0.0848. The molecule has 0 spiro atoms. The van der Waals surface area contributed by atoms with Crippen molar-refractivity contribution >= 4 is 34.8 Å². The quantitative estimate of drug-likeness (QED) is 0.540. The predicted octanol–water partition coefficient (Wildman–Crippen LogP) is 3.56. The number of aryl methyl sites for hydroxylation is 3. The molecule has 29 heavy (non-hydrogen) atoms. The molecule has 2 aromatic heterocycles. The van der Waals surface area contributed by atoms with E-state index in [0.717, 1.165) is 16.0 Å². The van der Waals surface area contributed by atoms with Crippen molar-refractivity contribution in [3.05, 3.63) is 64.7 Å². The average Bonchev–Trinajstić information content (AvgIpc) is 3.28. The number of hydrogen-bond donors (Lipinski definition) is 3. The van der Waals surface area contributed by atoms with E-state index in [2.05, 4.69) is 10.7 Å². The highest BCUT2D eigenvalue weighted by atomic mass is 32.1. The van der Waals surface area contributed by atoms with Gasteiger partial charge in [-0.3, -0.25) is 24.5 Å². The van der Waals surface area contributed by atoms with Crippen molar-refractivity contribution < 1.29 is 19.5 Å². The number of carbonyl (C=O) groups is 3. The first-order valence-electron chi connectivity index (χ1n) is 9.00. The van der Waals surface area contributed by atoms with Gasteiger partial charge in [-0.05, 0) is 60.7 Å². The van der Waals surface area contributed by atoms with E-state index in [4.69, 9.17) is 5.11 Å². The Morgan fingerprint density at radius 2 is 1.76 bits per heavy atom. The van der Waals surface area contributed by atoms with E-state index in [0.29, 0.717) is 17.1 Å². The Morgan fingerprint density at radius 1 is 1.03 bits per heavy atom. The second-order valence-electron chi connectivity index (χ2n) is 6.69. The van der Waals surface area contributed by atoms with Crippen molar-refractivity contribution in [1.82, 2.24) is 4.68 Å². The topological polar surface area (TPSA) is 100 Å². The van der Waals surface area contributed by atoms with Crippen LogP contribution < -0.4 is 10.7 Å². The van der Waals surface area contributed by atoms with Crippen molar-refractivity contribution in [2.45, 2.75) is 26.7 Å². The molecule has 8 heteroatoms. The molecule has 1 aromatic carbocycles. The minimum Gasteiger partial charge on any atom is -0.481 e. The van der Waals surface area contributed by atoms with Crippen LogP contribution in [0.2, 0.25) is 0 Å². The first-order chi connectivity index (χ1) is 13.8. The Balaban J connectivity index is 1.81. The Morgan fingerprint density at radius 3 is 2.38 bits per heavy atom. The van der Waals surface area contributed by atoms with E-state index in [9.17, 15) is 14.4 Å². The van der Waals surface area contributed by atoms with E-state index < -0.39 is 17.8 Å². The van der Waals surface area contributed by atoms with Crippen molar-refractivity contribution in [1.29, 1.82) is 0 Å².